The molecule has 1 fully saturated rings. The van der Waals surface area contributed by atoms with Crippen LogP contribution in [0.3, 0.4) is 0 Å². The molecule has 5 rings (SSSR count). The van der Waals surface area contributed by atoms with Crippen molar-refractivity contribution in [1.29, 1.82) is 0 Å². The molecular weight excluding hydrogens is 436 g/mol. The van der Waals surface area contributed by atoms with E-state index in [1.54, 1.807) is 30.3 Å². The van der Waals surface area contributed by atoms with Crippen LogP contribution in [0.5, 0.6) is 0 Å². The Hall–Kier alpha value is -3.81. The van der Waals surface area contributed by atoms with Gasteiger partial charge < -0.3 is 10.2 Å². The molecule has 1 saturated heterocycles. The van der Waals surface area contributed by atoms with Crippen LogP contribution >= 0.6 is 0 Å². The summed E-state index contributed by atoms with van der Waals surface area (Å²) in [7, 11) is 0. The normalized spacial score (nSPS) is 14.5. The topological polar surface area (TPSA) is 62.5 Å². The molecule has 1 N–H and O–H groups in total. The van der Waals surface area contributed by atoms with E-state index in [1.165, 1.54) is 18.2 Å². The SMILES string of the molecule is Cc1cc(N2CCC(C(=O)NCc3ccccc3F)CC2)n2nc(-c3ccc(F)cc3)cc2n1. The highest BCUT2D eigenvalue weighted by Gasteiger charge is 2.26. The highest BCUT2D eigenvalue weighted by Crippen LogP contribution is 2.27. The molecule has 0 saturated carbocycles. The Balaban J connectivity index is 1.29. The van der Waals surface area contributed by atoms with Crippen LogP contribution in [0.25, 0.3) is 16.9 Å². The molecule has 0 unspecified atom stereocenters. The van der Waals surface area contributed by atoms with Gasteiger partial charge in [-0.15, -0.1) is 0 Å². The molecule has 0 bridgehead atoms. The second-order valence-electron chi connectivity index (χ2n) is 8.63. The van der Waals surface area contributed by atoms with Crippen molar-refractivity contribution in [3.05, 3.63) is 83.6 Å². The van der Waals surface area contributed by atoms with E-state index in [-0.39, 0.29) is 30.0 Å². The lowest BCUT2D eigenvalue weighted by Gasteiger charge is -2.33. The number of nitrogens with one attached hydrogen (secondary N) is 1. The molecule has 0 atom stereocenters. The Morgan fingerprint density at radius 3 is 2.53 bits per heavy atom. The number of carbonyl (C=O) groups excluding carboxylic acids is 1. The maximum Gasteiger partial charge on any atom is 0.223 e. The molecule has 3 heterocycles. The van der Waals surface area contributed by atoms with Crippen molar-refractivity contribution >= 4 is 17.4 Å². The molecule has 34 heavy (non-hydrogen) atoms. The van der Waals surface area contributed by atoms with Gasteiger partial charge >= 0.3 is 0 Å². The number of benzene rings is 2. The van der Waals surface area contributed by atoms with Gasteiger partial charge in [-0.1, -0.05) is 18.2 Å². The average molecular weight is 462 g/mol. The largest absolute Gasteiger partial charge is 0.356 e. The molecule has 0 aliphatic carbocycles. The number of amides is 1. The molecule has 4 aromatic rings. The highest BCUT2D eigenvalue weighted by molar-refractivity contribution is 5.79. The number of fused-ring (bicyclic) bond motifs is 1. The minimum atomic E-state index is -0.311. The Kier molecular flexibility index (Phi) is 5.96. The zero-order valence-electron chi connectivity index (χ0n) is 18.8. The fraction of sp³-hybridized carbons (Fsp3) is 0.269. The standard InChI is InChI=1S/C26H25F2N5O/c1-17-14-25(33-24(30-17)15-23(31-33)18-6-8-21(27)9-7-18)32-12-10-19(11-13-32)26(34)29-16-20-4-2-3-5-22(20)28/h2-9,14-15,19H,10-13,16H2,1H3,(H,29,34). The van der Waals surface area contributed by atoms with Crippen molar-refractivity contribution in [3.63, 3.8) is 0 Å². The number of carbonyl (C=O) groups is 1. The van der Waals surface area contributed by atoms with Gasteiger partial charge in [0, 0.05) is 54.5 Å². The predicted octanol–water partition coefficient (Wildman–Crippen LogP) is 4.52. The lowest BCUT2D eigenvalue weighted by molar-refractivity contribution is -0.125. The van der Waals surface area contributed by atoms with E-state index in [0.29, 0.717) is 31.5 Å². The van der Waals surface area contributed by atoms with E-state index in [1.807, 2.05) is 23.6 Å². The van der Waals surface area contributed by atoms with Gasteiger partial charge in [-0.25, -0.2) is 13.8 Å². The fourth-order valence-electron chi connectivity index (χ4n) is 4.41. The zero-order valence-corrected chi connectivity index (χ0v) is 18.8. The van der Waals surface area contributed by atoms with Crippen LogP contribution in [0.15, 0.2) is 60.7 Å². The number of aryl methyl sites for hydroxylation is 1. The number of nitrogens with zero attached hydrogens (tertiary/aromatic N) is 4. The van der Waals surface area contributed by atoms with E-state index >= 15 is 0 Å². The lowest BCUT2D eigenvalue weighted by atomic mass is 9.95. The van der Waals surface area contributed by atoms with Gasteiger partial charge in [-0.2, -0.15) is 9.61 Å². The maximum absolute atomic E-state index is 13.8. The third-order valence-electron chi connectivity index (χ3n) is 6.28. The first-order valence-corrected chi connectivity index (χ1v) is 11.4. The van der Waals surface area contributed by atoms with Crippen LogP contribution in [-0.2, 0) is 11.3 Å². The minimum Gasteiger partial charge on any atom is -0.356 e. The number of hydrogen-bond acceptors (Lipinski definition) is 4. The maximum atomic E-state index is 13.8. The van der Waals surface area contributed by atoms with Gasteiger partial charge in [0.25, 0.3) is 0 Å². The Labute approximate surface area is 196 Å². The molecule has 1 aliphatic heterocycles. The van der Waals surface area contributed by atoms with E-state index in [0.717, 1.165) is 28.4 Å². The first-order chi connectivity index (χ1) is 16.5. The molecule has 6 nitrogen and oxygen atoms in total. The molecular formula is C26H25F2N5O. The van der Waals surface area contributed by atoms with Crippen LogP contribution in [-0.4, -0.2) is 33.6 Å². The van der Waals surface area contributed by atoms with Crippen molar-refractivity contribution in [2.75, 3.05) is 18.0 Å². The first-order valence-electron chi connectivity index (χ1n) is 11.4. The van der Waals surface area contributed by atoms with Crippen molar-refractivity contribution in [2.24, 2.45) is 5.92 Å². The molecule has 174 valence electrons. The third kappa shape index (κ3) is 4.48. The Bertz CT molecular complexity index is 1330. The van der Waals surface area contributed by atoms with Gasteiger partial charge in [-0.05, 0) is 50.1 Å². The smallest absolute Gasteiger partial charge is 0.223 e. The molecule has 8 heteroatoms. The molecule has 2 aromatic heterocycles. The number of halogens is 2. The van der Waals surface area contributed by atoms with E-state index in [9.17, 15) is 13.6 Å². The third-order valence-corrected chi connectivity index (χ3v) is 6.28. The first kappa shape index (κ1) is 22.0. The van der Waals surface area contributed by atoms with Crippen molar-refractivity contribution in [3.8, 4) is 11.3 Å². The number of hydrogen-bond donors (Lipinski definition) is 1. The summed E-state index contributed by atoms with van der Waals surface area (Å²) in [5.41, 5.74) is 3.62. The quantitative estimate of drug-likeness (QED) is 0.475. The number of anilines is 1. The molecule has 0 spiro atoms. The second-order valence-corrected chi connectivity index (χ2v) is 8.63. The predicted molar refractivity (Wildman–Crippen MR) is 126 cm³/mol. The van der Waals surface area contributed by atoms with E-state index in [2.05, 4.69) is 15.2 Å². The van der Waals surface area contributed by atoms with Crippen LogP contribution < -0.4 is 10.2 Å². The van der Waals surface area contributed by atoms with E-state index in [4.69, 9.17) is 5.10 Å². The van der Waals surface area contributed by atoms with Crippen molar-refractivity contribution < 1.29 is 13.6 Å². The summed E-state index contributed by atoms with van der Waals surface area (Å²) in [5, 5.41) is 7.61. The molecule has 1 amide bonds. The summed E-state index contributed by atoms with van der Waals surface area (Å²) in [5.74, 6) is 0.156. The van der Waals surface area contributed by atoms with E-state index < -0.39 is 0 Å². The zero-order chi connectivity index (χ0) is 23.7. The summed E-state index contributed by atoms with van der Waals surface area (Å²) in [6.07, 6.45) is 1.39. The van der Waals surface area contributed by atoms with Crippen LogP contribution in [0.1, 0.15) is 24.1 Å². The monoisotopic (exact) mass is 461 g/mol. The van der Waals surface area contributed by atoms with Gasteiger partial charge in [-0.3, -0.25) is 4.79 Å². The lowest BCUT2D eigenvalue weighted by Crippen LogP contribution is -2.41. The van der Waals surface area contributed by atoms with Crippen LogP contribution in [0.4, 0.5) is 14.6 Å². The minimum absolute atomic E-state index is 0.0448. The van der Waals surface area contributed by atoms with Gasteiger partial charge in [0.2, 0.25) is 5.91 Å². The summed E-state index contributed by atoms with van der Waals surface area (Å²) >= 11 is 0. The Morgan fingerprint density at radius 1 is 1.06 bits per heavy atom. The number of aromatic nitrogens is 3. The second kappa shape index (κ2) is 9.21. The summed E-state index contributed by atoms with van der Waals surface area (Å²) in [6.45, 7) is 3.52. The fourth-order valence-corrected chi connectivity index (χ4v) is 4.41. The molecule has 1 aliphatic rings. The summed E-state index contributed by atoms with van der Waals surface area (Å²) < 4.78 is 28.9. The number of rotatable bonds is 5. The molecule has 2 aromatic carbocycles. The van der Waals surface area contributed by atoms with Crippen molar-refractivity contribution in [1.82, 2.24) is 19.9 Å². The van der Waals surface area contributed by atoms with Gasteiger partial charge in [0.15, 0.2) is 5.65 Å². The highest BCUT2D eigenvalue weighted by atomic mass is 19.1. The Morgan fingerprint density at radius 2 is 1.79 bits per heavy atom. The summed E-state index contributed by atoms with van der Waals surface area (Å²) in [4.78, 5) is 19.5. The number of piperidine rings is 1. The molecule has 0 radical (unpaired) electrons. The van der Waals surface area contributed by atoms with Gasteiger partial charge in [0.1, 0.15) is 17.5 Å². The van der Waals surface area contributed by atoms with Gasteiger partial charge in [0.05, 0.1) is 5.69 Å². The average Bonchev–Trinajstić information content (AvgIpc) is 3.27. The van der Waals surface area contributed by atoms with Crippen molar-refractivity contribution in [2.45, 2.75) is 26.3 Å². The van der Waals surface area contributed by atoms with Crippen LogP contribution in [0, 0.1) is 24.5 Å². The summed E-state index contributed by atoms with van der Waals surface area (Å²) in [6, 6.07) is 16.6. The van der Waals surface area contributed by atoms with Crippen LogP contribution in [0.2, 0.25) is 0 Å².